The van der Waals surface area contributed by atoms with E-state index in [-0.39, 0.29) is 11.5 Å². The van der Waals surface area contributed by atoms with Gasteiger partial charge in [-0.1, -0.05) is 12.1 Å². The van der Waals surface area contributed by atoms with Gasteiger partial charge in [0.2, 0.25) is 5.91 Å². The molecule has 4 rings (SSSR count). The van der Waals surface area contributed by atoms with Crippen molar-refractivity contribution in [2.45, 2.75) is 0 Å². The maximum absolute atomic E-state index is 10.9. The summed E-state index contributed by atoms with van der Waals surface area (Å²) in [4.78, 5) is 11.8. The van der Waals surface area contributed by atoms with Crippen molar-refractivity contribution in [2.24, 2.45) is 5.73 Å². The SMILES string of the molecule is NC(=O)/C=C/c1ccc(Oc2c(-c3ccc(O)cc3)sc3cc(O)ccc23)cc1. The normalized spacial score (nSPS) is 11.2. The number of nitrogens with two attached hydrogens (primary N) is 1. The van der Waals surface area contributed by atoms with Gasteiger partial charge in [0.15, 0.2) is 5.75 Å². The molecule has 0 unspecified atom stereocenters. The highest BCUT2D eigenvalue weighted by Crippen LogP contribution is 2.47. The molecule has 0 radical (unpaired) electrons. The molecule has 144 valence electrons. The minimum Gasteiger partial charge on any atom is -0.508 e. The Morgan fingerprint density at radius 2 is 1.62 bits per heavy atom. The lowest BCUT2D eigenvalue weighted by Crippen LogP contribution is -2.04. The molecule has 0 atom stereocenters. The number of amides is 1. The number of carbonyl (C=O) groups excluding carboxylic acids is 1. The Kier molecular flexibility index (Phi) is 4.93. The van der Waals surface area contributed by atoms with Gasteiger partial charge in [-0.05, 0) is 71.8 Å². The number of hydrogen-bond acceptors (Lipinski definition) is 5. The van der Waals surface area contributed by atoms with E-state index < -0.39 is 5.91 Å². The molecule has 1 heterocycles. The number of phenolic OH excluding ortho intramolecular Hbond substituents is 2. The molecule has 0 saturated heterocycles. The van der Waals surface area contributed by atoms with Crippen LogP contribution in [0.4, 0.5) is 0 Å². The topological polar surface area (TPSA) is 92.8 Å². The van der Waals surface area contributed by atoms with Crippen LogP contribution in [0.2, 0.25) is 0 Å². The number of phenols is 2. The van der Waals surface area contributed by atoms with Crippen LogP contribution >= 0.6 is 11.3 Å². The Morgan fingerprint density at radius 1 is 0.931 bits per heavy atom. The van der Waals surface area contributed by atoms with Crippen LogP contribution in [0.5, 0.6) is 23.0 Å². The first kappa shape index (κ1) is 18.6. The number of carbonyl (C=O) groups is 1. The van der Waals surface area contributed by atoms with E-state index in [9.17, 15) is 15.0 Å². The van der Waals surface area contributed by atoms with Gasteiger partial charge in [-0.3, -0.25) is 4.79 Å². The van der Waals surface area contributed by atoms with Gasteiger partial charge in [0.25, 0.3) is 0 Å². The van der Waals surface area contributed by atoms with Gasteiger partial charge in [-0.25, -0.2) is 0 Å². The first-order chi connectivity index (χ1) is 14.0. The van der Waals surface area contributed by atoms with E-state index in [1.54, 1.807) is 30.3 Å². The highest BCUT2D eigenvalue weighted by Gasteiger charge is 2.17. The minimum atomic E-state index is -0.503. The summed E-state index contributed by atoms with van der Waals surface area (Å²) in [7, 11) is 0. The lowest BCUT2D eigenvalue weighted by Gasteiger charge is -2.09. The van der Waals surface area contributed by atoms with Crippen LogP contribution in [-0.2, 0) is 4.79 Å². The van der Waals surface area contributed by atoms with Gasteiger partial charge < -0.3 is 20.7 Å². The number of aromatic hydroxyl groups is 2. The molecular formula is C23H17NO4S. The lowest BCUT2D eigenvalue weighted by atomic mass is 10.1. The standard InChI is InChI=1S/C23H17NO4S/c24-21(27)12-3-14-1-9-18(10-2-14)28-22-19-11-8-17(26)13-20(19)29-23(22)15-4-6-16(25)7-5-15/h1-13,25-26H,(H2,24,27)/b12-3+. The zero-order chi connectivity index (χ0) is 20.4. The van der Waals surface area contributed by atoms with E-state index in [4.69, 9.17) is 10.5 Å². The second-order valence-corrected chi connectivity index (χ2v) is 7.45. The van der Waals surface area contributed by atoms with Crippen LogP contribution in [0.15, 0.2) is 72.8 Å². The highest BCUT2D eigenvalue weighted by molar-refractivity contribution is 7.22. The molecule has 0 spiro atoms. The summed E-state index contributed by atoms with van der Waals surface area (Å²) >= 11 is 1.50. The second kappa shape index (κ2) is 7.69. The van der Waals surface area contributed by atoms with Gasteiger partial charge >= 0.3 is 0 Å². The Balaban J connectivity index is 1.75. The number of benzene rings is 3. The fourth-order valence-electron chi connectivity index (χ4n) is 2.91. The number of rotatable bonds is 5. The predicted octanol–water partition coefficient (Wildman–Crippen LogP) is 5.27. The van der Waals surface area contributed by atoms with Gasteiger partial charge in [0, 0.05) is 16.2 Å². The molecule has 1 aromatic heterocycles. The molecule has 4 aromatic rings. The number of primary amides is 1. The molecule has 6 heteroatoms. The summed E-state index contributed by atoms with van der Waals surface area (Å²) in [5.74, 6) is 1.18. The molecule has 1 amide bonds. The van der Waals surface area contributed by atoms with E-state index in [2.05, 4.69) is 0 Å². The lowest BCUT2D eigenvalue weighted by molar-refractivity contribution is -0.113. The first-order valence-electron chi connectivity index (χ1n) is 8.80. The molecule has 0 aliphatic carbocycles. The smallest absolute Gasteiger partial charge is 0.241 e. The maximum Gasteiger partial charge on any atom is 0.241 e. The fourth-order valence-corrected chi connectivity index (χ4v) is 4.08. The van der Waals surface area contributed by atoms with Crippen LogP contribution in [0, 0.1) is 0 Å². The van der Waals surface area contributed by atoms with E-state index in [1.165, 1.54) is 17.4 Å². The third-order valence-corrected chi connectivity index (χ3v) is 5.48. The third-order valence-electron chi connectivity index (χ3n) is 4.30. The van der Waals surface area contributed by atoms with Crippen molar-refractivity contribution in [3.63, 3.8) is 0 Å². The summed E-state index contributed by atoms with van der Waals surface area (Å²) < 4.78 is 7.11. The Morgan fingerprint density at radius 3 is 2.31 bits per heavy atom. The van der Waals surface area contributed by atoms with Crippen molar-refractivity contribution in [2.75, 3.05) is 0 Å². The van der Waals surface area contributed by atoms with Crippen LogP contribution in [-0.4, -0.2) is 16.1 Å². The molecule has 3 aromatic carbocycles. The summed E-state index contributed by atoms with van der Waals surface area (Å²) in [6.07, 6.45) is 2.94. The van der Waals surface area contributed by atoms with E-state index in [0.717, 1.165) is 26.1 Å². The largest absolute Gasteiger partial charge is 0.508 e. The molecule has 0 fully saturated rings. The van der Waals surface area contributed by atoms with E-state index in [1.807, 2.05) is 42.5 Å². The van der Waals surface area contributed by atoms with Gasteiger partial charge in [0.1, 0.15) is 17.2 Å². The summed E-state index contributed by atoms with van der Waals surface area (Å²) in [6.45, 7) is 0. The molecule has 4 N–H and O–H groups in total. The van der Waals surface area contributed by atoms with Gasteiger partial charge in [-0.15, -0.1) is 11.3 Å². The van der Waals surface area contributed by atoms with Crippen molar-refractivity contribution < 1.29 is 19.7 Å². The van der Waals surface area contributed by atoms with Gasteiger partial charge in [-0.2, -0.15) is 0 Å². The average Bonchev–Trinajstić information content (AvgIpc) is 3.05. The quantitative estimate of drug-likeness (QED) is 0.396. The van der Waals surface area contributed by atoms with E-state index in [0.29, 0.717) is 11.5 Å². The molecule has 0 saturated carbocycles. The molecule has 0 aliphatic heterocycles. The summed E-state index contributed by atoms with van der Waals surface area (Å²) in [6, 6.07) is 19.3. The Hall–Kier alpha value is -3.77. The maximum atomic E-state index is 10.9. The van der Waals surface area contributed by atoms with Crippen LogP contribution in [0.1, 0.15) is 5.56 Å². The van der Waals surface area contributed by atoms with Crippen LogP contribution in [0.25, 0.3) is 26.6 Å². The van der Waals surface area contributed by atoms with Crippen molar-refractivity contribution in [3.05, 3.63) is 78.4 Å². The molecule has 0 bridgehead atoms. The van der Waals surface area contributed by atoms with E-state index >= 15 is 0 Å². The monoisotopic (exact) mass is 403 g/mol. The highest BCUT2D eigenvalue weighted by atomic mass is 32.1. The number of thiophene rings is 1. The summed E-state index contributed by atoms with van der Waals surface area (Å²) in [5, 5.41) is 20.3. The Labute approximate surface area is 170 Å². The molecular weight excluding hydrogens is 386 g/mol. The second-order valence-electron chi connectivity index (χ2n) is 6.39. The zero-order valence-electron chi connectivity index (χ0n) is 15.2. The molecule has 5 nitrogen and oxygen atoms in total. The Bertz CT molecular complexity index is 1210. The van der Waals surface area contributed by atoms with Crippen LogP contribution in [0.3, 0.4) is 0 Å². The van der Waals surface area contributed by atoms with Crippen molar-refractivity contribution in [1.29, 1.82) is 0 Å². The zero-order valence-corrected chi connectivity index (χ0v) is 16.0. The minimum absolute atomic E-state index is 0.188. The van der Waals surface area contributed by atoms with Crippen molar-refractivity contribution in [1.82, 2.24) is 0 Å². The number of hydrogen-bond donors (Lipinski definition) is 3. The predicted molar refractivity (Wildman–Crippen MR) is 115 cm³/mol. The fraction of sp³-hybridized carbons (Fsp3) is 0. The number of ether oxygens (including phenoxy) is 1. The van der Waals surface area contributed by atoms with Gasteiger partial charge in [0.05, 0.1) is 4.88 Å². The molecule has 29 heavy (non-hydrogen) atoms. The summed E-state index contributed by atoms with van der Waals surface area (Å²) in [5.41, 5.74) is 6.85. The van der Waals surface area contributed by atoms with Crippen LogP contribution < -0.4 is 10.5 Å². The first-order valence-corrected chi connectivity index (χ1v) is 9.61. The van der Waals surface area contributed by atoms with Crippen molar-refractivity contribution >= 4 is 33.4 Å². The molecule has 0 aliphatic rings. The van der Waals surface area contributed by atoms with Crippen molar-refractivity contribution in [3.8, 4) is 33.4 Å². The average molecular weight is 403 g/mol. The third kappa shape index (κ3) is 4.07. The number of fused-ring (bicyclic) bond motifs is 1.